The van der Waals surface area contributed by atoms with Crippen molar-refractivity contribution in [2.75, 3.05) is 0 Å². The molecule has 0 aliphatic carbocycles. The summed E-state index contributed by atoms with van der Waals surface area (Å²) in [5.41, 5.74) is 11.4. The molecule has 0 radical (unpaired) electrons. The average molecular weight is 580 g/mol. The standard InChI is InChI=1S/C40H25N3S/c1-2-11-26(12-3-1)31-19-10-20-34-38-40(44-39(31)34)37(41-25-42-38)29-15-8-13-27(23-29)28-14-9-16-30(24-28)43-35-21-6-4-17-32(35)33-18-5-7-22-36(33)43/h1-25H. The number of thiophene rings is 1. The summed E-state index contributed by atoms with van der Waals surface area (Å²) in [6.45, 7) is 0. The number of aromatic nitrogens is 3. The van der Waals surface area contributed by atoms with E-state index in [4.69, 9.17) is 9.97 Å². The highest BCUT2D eigenvalue weighted by atomic mass is 32.1. The molecule has 9 aromatic rings. The number of rotatable bonds is 4. The molecule has 0 amide bonds. The normalized spacial score (nSPS) is 11.6. The summed E-state index contributed by atoms with van der Waals surface area (Å²) in [5, 5.41) is 3.70. The Morgan fingerprint density at radius 1 is 0.455 bits per heavy atom. The fourth-order valence-electron chi connectivity index (χ4n) is 6.52. The van der Waals surface area contributed by atoms with Crippen LogP contribution >= 0.6 is 11.3 Å². The van der Waals surface area contributed by atoms with Crippen molar-refractivity contribution in [3.8, 4) is 39.2 Å². The van der Waals surface area contributed by atoms with Crippen LogP contribution in [0.15, 0.2) is 152 Å². The predicted molar refractivity (Wildman–Crippen MR) is 186 cm³/mol. The van der Waals surface area contributed by atoms with Crippen LogP contribution in [0.5, 0.6) is 0 Å². The molecular formula is C40H25N3S. The van der Waals surface area contributed by atoms with Gasteiger partial charge in [-0.2, -0.15) is 0 Å². The molecule has 0 unspecified atom stereocenters. The van der Waals surface area contributed by atoms with Crippen molar-refractivity contribution in [3.05, 3.63) is 152 Å². The van der Waals surface area contributed by atoms with Crippen molar-refractivity contribution in [2.45, 2.75) is 0 Å². The smallest absolute Gasteiger partial charge is 0.116 e. The molecule has 0 bridgehead atoms. The SMILES string of the molecule is c1ccc(-c2cccc3c2sc2c(-c4cccc(-c5cccc(-n6c7ccccc7c7ccccc76)c5)c4)ncnc23)cc1. The van der Waals surface area contributed by atoms with E-state index in [-0.39, 0.29) is 0 Å². The Bertz CT molecular complexity index is 2450. The summed E-state index contributed by atoms with van der Waals surface area (Å²) in [6, 6.07) is 51.9. The maximum absolute atomic E-state index is 4.83. The van der Waals surface area contributed by atoms with Gasteiger partial charge in [0.05, 0.1) is 26.9 Å². The lowest BCUT2D eigenvalue weighted by Gasteiger charge is -2.11. The van der Waals surface area contributed by atoms with Gasteiger partial charge in [0.1, 0.15) is 6.33 Å². The maximum atomic E-state index is 4.83. The third-order valence-electron chi connectivity index (χ3n) is 8.52. The molecule has 6 aromatic carbocycles. The summed E-state index contributed by atoms with van der Waals surface area (Å²) < 4.78 is 4.72. The first-order valence-electron chi connectivity index (χ1n) is 14.7. The molecule has 0 aliphatic rings. The van der Waals surface area contributed by atoms with E-state index in [0.717, 1.165) is 32.7 Å². The molecule has 0 saturated carbocycles. The van der Waals surface area contributed by atoms with E-state index >= 15 is 0 Å². The molecule has 4 heteroatoms. The van der Waals surface area contributed by atoms with Gasteiger partial charge in [0, 0.05) is 32.1 Å². The topological polar surface area (TPSA) is 30.7 Å². The van der Waals surface area contributed by atoms with E-state index in [0.29, 0.717) is 0 Å². The number of benzene rings is 6. The minimum Gasteiger partial charge on any atom is -0.309 e. The Kier molecular flexibility index (Phi) is 5.68. The summed E-state index contributed by atoms with van der Waals surface area (Å²) in [6.07, 6.45) is 1.70. The van der Waals surface area contributed by atoms with Crippen molar-refractivity contribution in [1.29, 1.82) is 0 Å². The van der Waals surface area contributed by atoms with Crippen molar-refractivity contribution in [3.63, 3.8) is 0 Å². The number of para-hydroxylation sites is 2. The van der Waals surface area contributed by atoms with E-state index in [9.17, 15) is 0 Å². The third-order valence-corrected chi connectivity index (χ3v) is 9.75. The molecule has 3 nitrogen and oxygen atoms in total. The van der Waals surface area contributed by atoms with E-state index < -0.39 is 0 Å². The van der Waals surface area contributed by atoms with Crippen molar-refractivity contribution in [1.82, 2.24) is 14.5 Å². The number of hydrogen-bond donors (Lipinski definition) is 0. The molecule has 0 atom stereocenters. The van der Waals surface area contributed by atoms with Gasteiger partial charge < -0.3 is 4.57 Å². The van der Waals surface area contributed by atoms with Crippen LogP contribution in [0.4, 0.5) is 0 Å². The second kappa shape index (κ2) is 10.0. The zero-order chi connectivity index (χ0) is 29.0. The summed E-state index contributed by atoms with van der Waals surface area (Å²) >= 11 is 1.78. The van der Waals surface area contributed by atoms with Crippen LogP contribution in [-0.2, 0) is 0 Å². The number of fused-ring (bicyclic) bond motifs is 6. The largest absolute Gasteiger partial charge is 0.309 e. The van der Waals surface area contributed by atoms with Gasteiger partial charge in [-0.3, -0.25) is 0 Å². The fourth-order valence-corrected chi connectivity index (χ4v) is 7.82. The van der Waals surface area contributed by atoms with Crippen LogP contribution in [0.3, 0.4) is 0 Å². The zero-order valence-electron chi connectivity index (χ0n) is 23.7. The number of hydrogen-bond acceptors (Lipinski definition) is 3. The second-order valence-electron chi connectivity index (χ2n) is 11.1. The fraction of sp³-hybridized carbons (Fsp3) is 0. The number of nitrogens with zero attached hydrogens (tertiary/aromatic N) is 3. The molecule has 3 aromatic heterocycles. The van der Waals surface area contributed by atoms with Gasteiger partial charge in [0.25, 0.3) is 0 Å². The Morgan fingerprint density at radius 2 is 1.07 bits per heavy atom. The molecule has 9 rings (SSSR count). The molecule has 44 heavy (non-hydrogen) atoms. The third kappa shape index (κ3) is 3.89. The lowest BCUT2D eigenvalue weighted by Crippen LogP contribution is -1.94. The Morgan fingerprint density at radius 3 is 1.86 bits per heavy atom. The predicted octanol–water partition coefficient (Wildman–Crippen LogP) is 10.9. The first-order chi connectivity index (χ1) is 21.8. The molecule has 3 heterocycles. The summed E-state index contributed by atoms with van der Waals surface area (Å²) in [4.78, 5) is 9.59. The molecule has 0 spiro atoms. The van der Waals surface area contributed by atoms with E-state index in [1.54, 1.807) is 17.7 Å². The molecule has 0 N–H and O–H groups in total. The zero-order valence-corrected chi connectivity index (χ0v) is 24.5. The van der Waals surface area contributed by atoms with Crippen LogP contribution in [0.25, 0.3) is 81.3 Å². The highest BCUT2D eigenvalue weighted by molar-refractivity contribution is 7.26. The quantitative estimate of drug-likeness (QED) is 0.208. The van der Waals surface area contributed by atoms with Crippen LogP contribution in [0.2, 0.25) is 0 Å². The van der Waals surface area contributed by atoms with Gasteiger partial charge in [0.2, 0.25) is 0 Å². The van der Waals surface area contributed by atoms with Gasteiger partial charge in [-0.05, 0) is 52.6 Å². The van der Waals surface area contributed by atoms with Crippen LogP contribution in [0, 0.1) is 0 Å². The second-order valence-corrected chi connectivity index (χ2v) is 12.1. The van der Waals surface area contributed by atoms with Gasteiger partial charge in [-0.1, -0.05) is 115 Å². The Labute approximate surface area is 258 Å². The molecular weight excluding hydrogens is 555 g/mol. The minimum atomic E-state index is 0.968. The lowest BCUT2D eigenvalue weighted by atomic mass is 10.0. The molecule has 0 saturated heterocycles. The van der Waals surface area contributed by atoms with Gasteiger partial charge in [-0.25, -0.2) is 9.97 Å². The summed E-state index contributed by atoms with van der Waals surface area (Å²) in [5.74, 6) is 0. The first-order valence-corrected chi connectivity index (χ1v) is 15.6. The van der Waals surface area contributed by atoms with Crippen LogP contribution in [0.1, 0.15) is 0 Å². The van der Waals surface area contributed by atoms with Crippen molar-refractivity contribution < 1.29 is 0 Å². The van der Waals surface area contributed by atoms with Gasteiger partial charge in [-0.15, -0.1) is 11.3 Å². The Hall–Kier alpha value is -5.58. The van der Waals surface area contributed by atoms with Crippen LogP contribution < -0.4 is 0 Å². The van der Waals surface area contributed by atoms with Gasteiger partial charge >= 0.3 is 0 Å². The molecule has 0 fully saturated rings. The van der Waals surface area contributed by atoms with E-state index in [1.807, 2.05) is 0 Å². The van der Waals surface area contributed by atoms with Crippen molar-refractivity contribution in [2.24, 2.45) is 0 Å². The maximum Gasteiger partial charge on any atom is 0.116 e. The highest BCUT2D eigenvalue weighted by Crippen LogP contribution is 2.42. The highest BCUT2D eigenvalue weighted by Gasteiger charge is 2.17. The monoisotopic (exact) mass is 579 g/mol. The van der Waals surface area contributed by atoms with E-state index in [2.05, 4.69) is 150 Å². The van der Waals surface area contributed by atoms with Crippen molar-refractivity contribution >= 4 is 53.4 Å². The Balaban J connectivity index is 1.18. The average Bonchev–Trinajstić information content (AvgIpc) is 3.65. The molecule has 0 aliphatic heterocycles. The molecule has 206 valence electrons. The van der Waals surface area contributed by atoms with Gasteiger partial charge in [0.15, 0.2) is 0 Å². The van der Waals surface area contributed by atoms with E-state index in [1.165, 1.54) is 48.6 Å². The first kappa shape index (κ1) is 25.0. The lowest BCUT2D eigenvalue weighted by molar-refractivity contribution is 1.18. The summed E-state index contributed by atoms with van der Waals surface area (Å²) in [7, 11) is 0. The van der Waals surface area contributed by atoms with Crippen LogP contribution in [-0.4, -0.2) is 14.5 Å². The minimum absolute atomic E-state index is 0.968.